The van der Waals surface area contributed by atoms with Gasteiger partial charge in [-0.05, 0) is 56.0 Å². The number of piperidine rings is 1. The number of hydrogen-bond acceptors (Lipinski definition) is 4. The first-order valence-corrected chi connectivity index (χ1v) is 10.6. The van der Waals surface area contributed by atoms with Gasteiger partial charge in [0, 0.05) is 30.9 Å². The number of halogens is 4. The zero-order valence-corrected chi connectivity index (χ0v) is 18.2. The Morgan fingerprint density at radius 2 is 2.00 bits per heavy atom. The zero-order valence-electron chi connectivity index (χ0n) is 17.4. The van der Waals surface area contributed by atoms with Crippen LogP contribution in [0.2, 0.25) is 5.02 Å². The quantitative estimate of drug-likeness (QED) is 0.606. The van der Waals surface area contributed by atoms with Crippen molar-refractivity contribution >= 4 is 29.0 Å². The summed E-state index contributed by atoms with van der Waals surface area (Å²) in [6, 6.07) is 6.45. The lowest BCUT2D eigenvalue weighted by atomic mass is 9.95. The van der Waals surface area contributed by atoms with E-state index in [1.54, 1.807) is 0 Å². The molecule has 1 aliphatic heterocycles. The van der Waals surface area contributed by atoms with Crippen LogP contribution in [0.5, 0.6) is 5.75 Å². The van der Waals surface area contributed by atoms with Gasteiger partial charge in [-0.1, -0.05) is 18.5 Å². The van der Waals surface area contributed by atoms with Crippen molar-refractivity contribution in [1.29, 1.82) is 0 Å². The third kappa shape index (κ3) is 5.81. The van der Waals surface area contributed by atoms with E-state index in [1.165, 1.54) is 0 Å². The number of pyridine rings is 1. The highest BCUT2D eigenvalue weighted by molar-refractivity contribution is 6.33. The molecule has 168 valence electrons. The van der Waals surface area contributed by atoms with E-state index in [0.29, 0.717) is 38.4 Å². The van der Waals surface area contributed by atoms with Crippen LogP contribution in [0.3, 0.4) is 0 Å². The molecule has 5 nitrogen and oxygen atoms in total. The van der Waals surface area contributed by atoms with Gasteiger partial charge < -0.3 is 15.0 Å². The van der Waals surface area contributed by atoms with E-state index < -0.39 is 11.7 Å². The summed E-state index contributed by atoms with van der Waals surface area (Å²) in [5.74, 6) is 0.815. The minimum atomic E-state index is -4.49. The van der Waals surface area contributed by atoms with Crippen molar-refractivity contribution in [2.24, 2.45) is 5.92 Å². The number of nitrogens with zero attached hydrogens (tertiary/aromatic N) is 2. The van der Waals surface area contributed by atoms with Gasteiger partial charge in [0.2, 0.25) is 5.91 Å². The third-order valence-electron chi connectivity index (χ3n) is 5.24. The van der Waals surface area contributed by atoms with E-state index in [1.807, 2.05) is 36.9 Å². The van der Waals surface area contributed by atoms with Crippen LogP contribution < -0.4 is 15.0 Å². The van der Waals surface area contributed by atoms with Gasteiger partial charge in [-0.3, -0.25) is 4.79 Å². The molecule has 2 heterocycles. The number of ether oxygens (including phenoxy) is 1. The molecular formula is C22H25ClF3N3O2. The molecule has 1 aromatic heterocycles. The number of aromatic nitrogens is 1. The number of amides is 1. The molecule has 1 amide bonds. The van der Waals surface area contributed by atoms with Crippen molar-refractivity contribution in [3.63, 3.8) is 0 Å². The summed E-state index contributed by atoms with van der Waals surface area (Å²) in [4.78, 5) is 18.4. The molecule has 1 saturated heterocycles. The van der Waals surface area contributed by atoms with Crippen LogP contribution in [0.4, 0.5) is 24.7 Å². The van der Waals surface area contributed by atoms with Gasteiger partial charge in [-0.25, -0.2) is 4.98 Å². The van der Waals surface area contributed by atoms with Gasteiger partial charge in [0.05, 0.1) is 17.2 Å². The number of alkyl halides is 3. The molecule has 0 spiro atoms. The maximum absolute atomic E-state index is 12.8. The Balaban J connectivity index is 1.58. The topological polar surface area (TPSA) is 54.5 Å². The Morgan fingerprint density at radius 3 is 2.58 bits per heavy atom. The number of nitrogens with one attached hydrogen (secondary N) is 1. The number of aryl methyl sites for hydroxylation is 1. The molecule has 0 unspecified atom stereocenters. The lowest BCUT2D eigenvalue weighted by Crippen LogP contribution is -2.38. The molecule has 9 heteroatoms. The number of rotatable bonds is 6. The number of carbonyl (C=O) groups excluding carboxylic acids is 1. The van der Waals surface area contributed by atoms with Crippen LogP contribution in [0.15, 0.2) is 30.5 Å². The van der Waals surface area contributed by atoms with Crippen molar-refractivity contribution in [2.45, 2.75) is 39.3 Å². The molecule has 1 aliphatic rings. The molecule has 0 aliphatic carbocycles. The summed E-state index contributed by atoms with van der Waals surface area (Å²) in [5, 5.41) is 2.93. The fraction of sp³-hybridized carbons (Fsp3) is 0.455. The smallest absolute Gasteiger partial charge is 0.417 e. The highest BCUT2D eigenvalue weighted by Crippen LogP contribution is 2.35. The van der Waals surface area contributed by atoms with Crippen LogP contribution in [0.25, 0.3) is 0 Å². The molecule has 2 aromatic rings. The maximum atomic E-state index is 12.8. The van der Waals surface area contributed by atoms with E-state index in [9.17, 15) is 18.0 Å². The van der Waals surface area contributed by atoms with Crippen LogP contribution in [0.1, 0.15) is 37.3 Å². The first-order valence-electron chi connectivity index (χ1n) is 10.2. The summed E-state index contributed by atoms with van der Waals surface area (Å²) in [6.07, 6.45) is -1.66. The number of carbonyl (C=O) groups is 1. The van der Waals surface area contributed by atoms with Crippen molar-refractivity contribution < 1.29 is 22.7 Å². The second-order valence-corrected chi connectivity index (χ2v) is 8.01. The predicted octanol–water partition coefficient (Wildman–Crippen LogP) is 5.71. The monoisotopic (exact) mass is 455 g/mol. The minimum Gasteiger partial charge on any atom is -0.494 e. The highest BCUT2D eigenvalue weighted by atomic mass is 35.5. The molecule has 0 bridgehead atoms. The van der Waals surface area contributed by atoms with E-state index in [-0.39, 0.29) is 16.8 Å². The molecule has 1 N–H and O–H groups in total. The Labute approximate surface area is 184 Å². The largest absolute Gasteiger partial charge is 0.494 e. The fourth-order valence-corrected chi connectivity index (χ4v) is 3.78. The van der Waals surface area contributed by atoms with Gasteiger partial charge in [0.15, 0.2) is 0 Å². The normalized spacial score (nSPS) is 15.1. The molecule has 0 atom stereocenters. The number of benzene rings is 1. The molecule has 1 aromatic carbocycles. The SMILES string of the molecule is CCCOc1ccc(NC(=O)C2CCN(c3ncc(C(F)(F)F)cc3Cl)CC2)c(C)c1. The van der Waals surface area contributed by atoms with Gasteiger partial charge in [-0.2, -0.15) is 13.2 Å². The Kier molecular flexibility index (Phi) is 7.30. The third-order valence-corrected chi connectivity index (χ3v) is 5.52. The van der Waals surface area contributed by atoms with Crippen molar-refractivity contribution in [3.8, 4) is 5.75 Å². The zero-order chi connectivity index (χ0) is 22.6. The van der Waals surface area contributed by atoms with Crippen molar-refractivity contribution in [3.05, 3.63) is 46.6 Å². The average molecular weight is 456 g/mol. The predicted molar refractivity (Wildman–Crippen MR) is 115 cm³/mol. The van der Waals surface area contributed by atoms with Crippen LogP contribution in [-0.2, 0) is 11.0 Å². The number of hydrogen-bond donors (Lipinski definition) is 1. The van der Waals surface area contributed by atoms with Gasteiger partial charge in [0.25, 0.3) is 0 Å². The second kappa shape index (κ2) is 9.77. The van der Waals surface area contributed by atoms with Crippen molar-refractivity contribution in [1.82, 2.24) is 4.98 Å². The van der Waals surface area contributed by atoms with E-state index in [2.05, 4.69) is 10.3 Å². The standard InChI is InChI=1S/C22H25ClF3N3O2/c1-3-10-31-17-4-5-19(14(2)11-17)28-21(30)15-6-8-29(9-7-15)20-18(23)12-16(13-27-20)22(24,25)26/h4-5,11-13,15H,3,6-10H2,1-2H3,(H,28,30). The summed E-state index contributed by atoms with van der Waals surface area (Å²) in [5.41, 5.74) is 0.779. The van der Waals surface area contributed by atoms with Crippen LogP contribution >= 0.6 is 11.6 Å². The lowest BCUT2D eigenvalue weighted by Gasteiger charge is -2.32. The van der Waals surface area contributed by atoms with Crippen LogP contribution in [0, 0.1) is 12.8 Å². The summed E-state index contributed by atoms with van der Waals surface area (Å²) >= 11 is 6.04. The maximum Gasteiger partial charge on any atom is 0.417 e. The fourth-order valence-electron chi connectivity index (χ4n) is 3.49. The summed E-state index contributed by atoms with van der Waals surface area (Å²) < 4.78 is 44.0. The molecular weight excluding hydrogens is 431 g/mol. The summed E-state index contributed by atoms with van der Waals surface area (Å²) in [6.45, 7) is 5.56. The second-order valence-electron chi connectivity index (χ2n) is 7.60. The first-order chi connectivity index (χ1) is 14.7. The molecule has 31 heavy (non-hydrogen) atoms. The summed E-state index contributed by atoms with van der Waals surface area (Å²) in [7, 11) is 0. The van der Waals surface area contributed by atoms with Crippen LogP contribution in [-0.4, -0.2) is 30.6 Å². The van der Waals surface area contributed by atoms with Gasteiger partial charge in [-0.15, -0.1) is 0 Å². The van der Waals surface area contributed by atoms with Gasteiger partial charge in [0.1, 0.15) is 11.6 Å². The van der Waals surface area contributed by atoms with Gasteiger partial charge >= 0.3 is 6.18 Å². The molecule has 0 radical (unpaired) electrons. The lowest BCUT2D eigenvalue weighted by molar-refractivity contribution is -0.137. The average Bonchev–Trinajstić information content (AvgIpc) is 2.73. The Bertz CT molecular complexity index is 929. The van der Waals surface area contributed by atoms with E-state index in [4.69, 9.17) is 16.3 Å². The molecule has 3 rings (SSSR count). The van der Waals surface area contributed by atoms with E-state index in [0.717, 1.165) is 35.7 Å². The van der Waals surface area contributed by atoms with Crippen molar-refractivity contribution in [2.75, 3.05) is 29.9 Å². The molecule has 0 saturated carbocycles. The van der Waals surface area contributed by atoms with E-state index >= 15 is 0 Å². The Morgan fingerprint density at radius 1 is 1.29 bits per heavy atom. The first kappa shape index (κ1) is 23.2. The number of anilines is 2. The molecule has 1 fully saturated rings. The Hall–Kier alpha value is -2.48. The highest BCUT2D eigenvalue weighted by Gasteiger charge is 2.33. The minimum absolute atomic E-state index is 0.0428.